The van der Waals surface area contributed by atoms with Crippen LogP contribution in [-0.2, 0) is 11.3 Å². The van der Waals surface area contributed by atoms with E-state index >= 15 is 0 Å². The fourth-order valence-electron chi connectivity index (χ4n) is 4.23. The molecule has 0 aromatic carbocycles. The van der Waals surface area contributed by atoms with Gasteiger partial charge in [-0.3, -0.25) is 19.3 Å². The Bertz CT molecular complexity index is 986. The van der Waals surface area contributed by atoms with Crippen molar-refractivity contribution in [3.63, 3.8) is 0 Å². The zero-order valence-corrected chi connectivity index (χ0v) is 18.4. The van der Waals surface area contributed by atoms with Gasteiger partial charge >= 0.3 is 0 Å². The molecule has 2 fully saturated rings. The van der Waals surface area contributed by atoms with Gasteiger partial charge in [-0.1, -0.05) is 0 Å². The van der Waals surface area contributed by atoms with Gasteiger partial charge in [0.25, 0.3) is 17.4 Å². The number of nitrogens with one attached hydrogen (secondary N) is 1. The SMILES string of the molecule is Cc1ccn(CCN2CCOCC2)c(=O)c1C(=O)NC1CCN(C(=O)c2ccco2)CC1. The van der Waals surface area contributed by atoms with E-state index < -0.39 is 0 Å². The van der Waals surface area contributed by atoms with Gasteiger partial charge < -0.3 is 23.9 Å². The highest BCUT2D eigenvalue weighted by molar-refractivity contribution is 5.95. The molecule has 2 aromatic heterocycles. The maximum Gasteiger partial charge on any atom is 0.289 e. The Hall–Kier alpha value is -2.91. The van der Waals surface area contributed by atoms with E-state index in [2.05, 4.69) is 10.2 Å². The highest BCUT2D eigenvalue weighted by Crippen LogP contribution is 2.15. The summed E-state index contributed by atoms with van der Waals surface area (Å²) in [5.41, 5.74) is 0.602. The zero-order valence-electron chi connectivity index (χ0n) is 18.4. The van der Waals surface area contributed by atoms with Gasteiger partial charge in [0.1, 0.15) is 5.56 Å². The van der Waals surface area contributed by atoms with Crippen molar-refractivity contribution in [2.75, 3.05) is 45.9 Å². The second-order valence-corrected chi connectivity index (χ2v) is 8.34. The lowest BCUT2D eigenvalue weighted by molar-refractivity contribution is 0.0362. The molecule has 4 heterocycles. The predicted octanol–water partition coefficient (Wildman–Crippen LogP) is 1.12. The molecule has 0 atom stereocenters. The Kier molecular flexibility index (Phi) is 7.06. The Labute approximate surface area is 186 Å². The molecule has 1 N–H and O–H groups in total. The summed E-state index contributed by atoms with van der Waals surface area (Å²) in [5.74, 6) is -0.157. The molecular weight excluding hydrogens is 412 g/mol. The summed E-state index contributed by atoms with van der Waals surface area (Å²) in [6.07, 6.45) is 4.51. The summed E-state index contributed by atoms with van der Waals surface area (Å²) < 4.78 is 12.2. The molecule has 4 rings (SSSR count). The highest BCUT2D eigenvalue weighted by Gasteiger charge is 2.27. The molecule has 32 heavy (non-hydrogen) atoms. The van der Waals surface area contributed by atoms with Gasteiger partial charge in [0.05, 0.1) is 19.5 Å². The first-order chi connectivity index (χ1) is 15.5. The zero-order chi connectivity index (χ0) is 22.5. The third-order valence-electron chi connectivity index (χ3n) is 6.21. The predicted molar refractivity (Wildman–Crippen MR) is 118 cm³/mol. The number of nitrogens with zero attached hydrogens (tertiary/aromatic N) is 3. The maximum atomic E-state index is 13.0. The standard InChI is InChI=1S/C23H30N4O5/c1-17-4-7-27(11-10-25-12-15-31-16-13-25)23(30)20(17)21(28)24-18-5-8-26(9-6-18)22(29)19-3-2-14-32-19/h2-4,7,14,18H,5-6,8-13,15-16H2,1H3,(H,24,28). The molecule has 2 amide bonds. The van der Waals surface area contributed by atoms with E-state index in [0.717, 1.165) is 19.6 Å². The number of aryl methyl sites for hydroxylation is 1. The smallest absolute Gasteiger partial charge is 0.289 e. The van der Waals surface area contributed by atoms with E-state index in [1.807, 2.05) is 6.07 Å². The number of furan rings is 1. The summed E-state index contributed by atoms with van der Waals surface area (Å²) in [7, 11) is 0. The van der Waals surface area contributed by atoms with Crippen LogP contribution < -0.4 is 10.9 Å². The number of carbonyl (C=O) groups excluding carboxylic acids is 2. The first kappa shape index (κ1) is 22.3. The molecule has 2 aliphatic heterocycles. The van der Waals surface area contributed by atoms with Crippen LogP contribution in [0.15, 0.2) is 39.9 Å². The number of hydrogen-bond donors (Lipinski definition) is 1. The molecule has 9 nitrogen and oxygen atoms in total. The second-order valence-electron chi connectivity index (χ2n) is 8.34. The first-order valence-electron chi connectivity index (χ1n) is 11.2. The minimum absolute atomic E-state index is 0.0797. The lowest BCUT2D eigenvalue weighted by atomic mass is 10.0. The number of ether oxygens (including phenoxy) is 1. The van der Waals surface area contributed by atoms with Crippen LogP contribution in [0.2, 0.25) is 0 Å². The van der Waals surface area contributed by atoms with Crippen molar-refractivity contribution in [2.24, 2.45) is 0 Å². The average Bonchev–Trinajstić information content (AvgIpc) is 3.34. The molecular formula is C23H30N4O5. The topological polar surface area (TPSA) is 97.0 Å². The van der Waals surface area contributed by atoms with E-state index in [1.54, 1.807) is 34.7 Å². The van der Waals surface area contributed by atoms with Crippen molar-refractivity contribution in [2.45, 2.75) is 32.4 Å². The van der Waals surface area contributed by atoms with Gasteiger partial charge in [-0.2, -0.15) is 0 Å². The fourth-order valence-corrected chi connectivity index (χ4v) is 4.23. The van der Waals surface area contributed by atoms with E-state index in [9.17, 15) is 14.4 Å². The van der Waals surface area contributed by atoms with E-state index in [-0.39, 0.29) is 29.0 Å². The quantitative estimate of drug-likeness (QED) is 0.720. The largest absolute Gasteiger partial charge is 0.459 e. The van der Waals surface area contributed by atoms with Crippen LogP contribution in [0, 0.1) is 6.92 Å². The number of likely N-dealkylation sites (tertiary alicyclic amines) is 1. The number of aromatic nitrogens is 1. The molecule has 0 bridgehead atoms. The summed E-state index contributed by atoms with van der Waals surface area (Å²) in [4.78, 5) is 42.4. The number of morpholine rings is 1. The fraction of sp³-hybridized carbons (Fsp3) is 0.522. The third-order valence-corrected chi connectivity index (χ3v) is 6.21. The number of amides is 2. The lowest BCUT2D eigenvalue weighted by Gasteiger charge is -2.32. The summed E-state index contributed by atoms with van der Waals surface area (Å²) in [6, 6.07) is 5.08. The maximum absolute atomic E-state index is 13.0. The van der Waals surface area contributed by atoms with Gasteiger partial charge in [-0.25, -0.2) is 0 Å². The second kappa shape index (κ2) is 10.1. The van der Waals surface area contributed by atoms with Crippen molar-refractivity contribution in [1.82, 2.24) is 19.7 Å². The molecule has 0 spiro atoms. The number of rotatable bonds is 6. The molecule has 0 radical (unpaired) electrons. The van der Waals surface area contributed by atoms with E-state index in [4.69, 9.17) is 9.15 Å². The van der Waals surface area contributed by atoms with Gasteiger partial charge in [-0.15, -0.1) is 0 Å². The van der Waals surface area contributed by atoms with E-state index in [0.29, 0.717) is 57.0 Å². The summed E-state index contributed by atoms with van der Waals surface area (Å²) >= 11 is 0. The Morgan fingerprint density at radius 3 is 2.53 bits per heavy atom. The van der Waals surface area contributed by atoms with Crippen molar-refractivity contribution in [3.8, 4) is 0 Å². The lowest BCUT2D eigenvalue weighted by Crippen LogP contribution is -2.47. The Morgan fingerprint density at radius 1 is 1.09 bits per heavy atom. The number of hydrogen-bond acceptors (Lipinski definition) is 6. The van der Waals surface area contributed by atoms with Crippen LogP contribution in [0.3, 0.4) is 0 Å². The van der Waals surface area contributed by atoms with Gasteiger partial charge in [0.15, 0.2) is 5.76 Å². The van der Waals surface area contributed by atoms with Crippen molar-refractivity contribution >= 4 is 11.8 Å². The molecule has 2 aromatic rings. The average molecular weight is 443 g/mol. The summed E-state index contributed by atoms with van der Waals surface area (Å²) in [5, 5.41) is 3.00. The van der Waals surface area contributed by atoms with Crippen molar-refractivity contribution < 1.29 is 18.7 Å². The van der Waals surface area contributed by atoms with Crippen LogP contribution in [0.4, 0.5) is 0 Å². The van der Waals surface area contributed by atoms with Crippen molar-refractivity contribution in [1.29, 1.82) is 0 Å². The number of piperidine rings is 1. The highest BCUT2D eigenvalue weighted by atomic mass is 16.5. The normalized spacial score (nSPS) is 18.0. The molecule has 0 aliphatic carbocycles. The monoisotopic (exact) mass is 442 g/mol. The minimum Gasteiger partial charge on any atom is -0.459 e. The Balaban J connectivity index is 1.35. The van der Waals surface area contributed by atoms with Gasteiger partial charge in [-0.05, 0) is 43.5 Å². The molecule has 0 saturated carbocycles. The first-order valence-corrected chi connectivity index (χ1v) is 11.2. The number of carbonyl (C=O) groups is 2. The van der Waals surface area contributed by atoms with Crippen LogP contribution in [0.5, 0.6) is 0 Å². The number of pyridine rings is 1. The minimum atomic E-state index is -0.343. The van der Waals surface area contributed by atoms with E-state index in [1.165, 1.54) is 6.26 Å². The van der Waals surface area contributed by atoms with Crippen molar-refractivity contribution in [3.05, 3.63) is 57.9 Å². The Morgan fingerprint density at radius 2 is 1.84 bits per heavy atom. The third kappa shape index (κ3) is 5.11. The molecule has 2 aliphatic rings. The van der Waals surface area contributed by atoms with Crippen LogP contribution >= 0.6 is 0 Å². The molecule has 9 heteroatoms. The van der Waals surface area contributed by atoms with Gasteiger partial charge in [0.2, 0.25) is 0 Å². The van der Waals surface area contributed by atoms with Crippen LogP contribution in [-0.4, -0.2) is 78.2 Å². The molecule has 0 unspecified atom stereocenters. The molecule has 2 saturated heterocycles. The summed E-state index contributed by atoms with van der Waals surface area (Å²) in [6.45, 7) is 7.26. The van der Waals surface area contributed by atoms with Crippen LogP contribution in [0.25, 0.3) is 0 Å². The van der Waals surface area contributed by atoms with Gasteiger partial charge in [0, 0.05) is 51.5 Å². The van der Waals surface area contributed by atoms with Crippen LogP contribution in [0.1, 0.15) is 39.3 Å². The molecule has 172 valence electrons.